The number of fused-ring (bicyclic) bond motifs is 1. The molecule has 1 heterocycles. The monoisotopic (exact) mass is 287 g/mol. The number of rotatable bonds is 7. The van der Waals surface area contributed by atoms with Gasteiger partial charge in [-0.1, -0.05) is 44.4 Å². The molecule has 0 radical (unpaired) electrons. The van der Waals surface area contributed by atoms with Gasteiger partial charge in [0.05, 0.1) is 13.5 Å². The number of hydrogen-bond acceptors (Lipinski definition) is 2. The largest absolute Gasteiger partial charge is 0.469 e. The van der Waals surface area contributed by atoms with Crippen LogP contribution in [0.2, 0.25) is 0 Å². The lowest BCUT2D eigenvalue weighted by Gasteiger charge is -2.16. The Balaban J connectivity index is 2.32. The summed E-state index contributed by atoms with van der Waals surface area (Å²) in [7, 11) is 1.47. The molecule has 1 aromatic carbocycles. The lowest BCUT2D eigenvalue weighted by atomic mass is 9.88. The fourth-order valence-corrected chi connectivity index (χ4v) is 3.10. The first kappa shape index (κ1) is 15.6. The number of ether oxygens (including phenoxy) is 1. The van der Waals surface area contributed by atoms with Crippen molar-refractivity contribution in [1.82, 2.24) is 4.98 Å². The molecule has 3 heteroatoms. The number of benzene rings is 1. The van der Waals surface area contributed by atoms with Crippen molar-refractivity contribution in [2.75, 3.05) is 7.11 Å². The minimum atomic E-state index is -0.124. The van der Waals surface area contributed by atoms with Crippen LogP contribution in [0.3, 0.4) is 0 Å². The molecule has 0 fully saturated rings. The number of aromatic amines is 1. The molecule has 3 nitrogen and oxygen atoms in total. The molecular weight excluding hydrogens is 262 g/mol. The molecule has 1 N–H and O–H groups in total. The third-order valence-electron chi connectivity index (χ3n) is 4.15. The van der Waals surface area contributed by atoms with Crippen molar-refractivity contribution >= 4 is 16.9 Å². The molecule has 2 aromatic rings. The molecule has 114 valence electrons. The Hall–Kier alpha value is -1.77. The molecule has 21 heavy (non-hydrogen) atoms. The van der Waals surface area contributed by atoms with Crippen LogP contribution in [0, 0.1) is 6.92 Å². The van der Waals surface area contributed by atoms with Crippen molar-refractivity contribution in [2.45, 2.75) is 51.9 Å². The van der Waals surface area contributed by atoms with Crippen molar-refractivity contribution in [2.24, 2.45) is 0 Å². The smallest absolute Gasteiger partial charge is 0.306 e. The molecule has 0 saturated heterocycles. The number of nitrogens with one attached hydrogen (secondary N) is 1. The first-order valence-corrected chi connectivity index (χ1v) is 7.81. The Morgan fingerprint density at radius 1 is 1.29 bits per heavy atom. The van der Waals surface area contributed by atoms with Gasteiger partial charge in [-0.05, 0) is 30.9 Å². The van der Waals surface area contributed by atoms with Crippen molar-refractivity contribution in [3.05, 3.63) is 35.5 Å². The van der Waals surface area contributed by atoms with Gasteiger partial charge in [-0.2, -0.15) is 0 Å². The van der Waals surface area contributed by atoms with E-state index >= 15 is 0 Å². The molecule has 2 rings (SSSR count). The Morgan fingerprint density at radius 2 is 2.05 bits per heavy atom. The summed E-state index contributed by atoms with van der Waals surface area (Å²) >= 11 is 0. The predicted octanol–water partition coefficient (Wildman–Crippen LogP) is 4.70. The average Bonchev–Trinajstić information content (AvgIpc) is 2.82. The number of para-hydroxylation sites is 1. The quantitative estimate of drug-likeness (QED) is 0.592. The molecule has 1 aromatic heterocycles. The minimum Gasteiger partial charge on any atom is -0.469 e. The van der Waals surface area contributed by atoms with Crippen molar-refractivity contribution < 1.29 is 9.53 Å². The number of H-pyrrole nitrogens is 1. The fourth-order valence-electron chi connectivity index (χ4n) is 3.10. The highest BCUT2D eigenvalue weighted by Gasteiger charge is 2.21. The first-order chi connectivity index (χ1) is 10.2. The second-order valence-corrected chi connectivity index (χ2v) is 5.68. The predicted molar refractivity (Wildman–Crippen MR) is 86.6 cm³/mol. The summed E-state index contributed by atoms with van der Waals surface area (Å²) in [5.41, 5.74) is 3.60. The Bertz CT molecular complexity index is 600. The van der Waals surface area contributed by atoms with Gasteiger partial charge in [-0.25, -0.2) is 0 Å². The highest BCUT2D eigenvalue weighted by atomic mass is 16.5. The van der Waals surface area contributed by atoms with E-state index in [4.69, 9.17) is 4.74 Å². The molecule has 0 amide bonds. The second-order valence-electron chi connectivity index (χ2n) is 5.68. The van der Waals surface area contributed by atoms with Crippen LogP contribution in [0.25, 0.3) is 10.9 Å². The van der Waals surface area contributed by atoms with Gasteiger partial charge in [0.1, 0.15) is 0 Å². The van der Waals surface area contributed by atoms with E-state index in [0.717, 1.165) is 18.4 Å². The van der Waals surface area contributed by atoms with Crippen molar-refractivity contribution in [3.63, 3.8) is 0 Å². The number of carbonyl (C=O) groups is 1. The van der Waals surface area contributed by atoms with Gasteiger partial charge < -0.3 is 9.72 Å². The molecule has 0 saturated carbocycles. The van der Waals surface area contributed by atoms with E-state index in [0.29, 0.717) is 6.42 Å². The number of carbonyl (C=O) groups excluding carboxylic acids is 1. The van der Waals surface area contributed by atoms with Gasteiger partial charge in [-0.3, -0.25) is 4.79 Å². The summed E-state index contributed by atoms with van der Waals surface area (Å²) in [5.74, 6) is 0.112. The summed E-state index contributed by atoms with van der Waals surface area (Å²) in [4.78, 5) is 15.2. The highest BCUT2D eigenvalue weighted by molar-refractivity contribution is 5.86. The zero-order valence-electron chi connectivity index (χ0n) is 13.2. The molecule has 0 aliphatic carbocycles. The van der Waals surface area contributed by atoms with E-state index in [2.05, 4.69) is 37.0 Å². The Morgan fingerprint density at radius 3 is 2.76 bits per heavy atom. The maximum absolute atomic E-state index is 11.8. The molecule has 0 aliphatic rings. The summed E-state index contributed by atoms with van der Waals surface area (Å²) in [5, 5.41) is 1.24. The van der Waals surface area contributed by atoms with E-state index in [1.807, 2.05) is 6.07 Å². The third kappa shape index (κ3) is 3.66. The number of aromatic nitrogens is 1. The number of hydrogen-bond donors (Lipinski definition) is 1. The van der Waals surface area contributed by atoms with Crippen LogP contribution >= 0.6 is 0 Å². The molecule has 1 unspecified atom stereocenters. The third-order valence-corrected chi connectivity index (χ3v) is 4.15. The van der Waals surface area contributed by atoms with Crippen LogP contribution in [0.15, 0.2) is 24.3 Å². The summed E-state index contributed by atoms with van der Waals surface area (Å²) in [6, 6.07) is 8.32. The normalized spacial score (nSPS) is 12.5. The van der Waals surface area contributed by atoms with E-state index in [1.165, 1.54) is 36.6 Å². The van der Waals surface area contributed by atoms with Gasteiger partial charge in [0, 0.05) is 16.6 Å². The summed E-state index contributed by atoms with van der Waals surface area (Å²) in [6.07, 6.45) is 5.04. The Kier molecular flexibility index (Phi) is 5.43. The van der Waals surface area contributed by atoms with Gasteiger partial charge in [0.2, 0.25) is 0 Å². The maximum Gasteiger partial charge on any atom is 0.306 e. The molecular formula is C18H25NO2. The maximum atomic E-state index is 11.8. The van der Waals surface area contributed by atoms with Crippen LogP contribution in [0.4, 0.5) is 0 Å². The van der Waals surface area contributed by atoms with E-state index in [9.17, 15) is 4.79 Å². The first-order valence-electron chi connectivity index (χ1n) is 7.81. The van der Waals surface area contributed by atoms with E-state index in [1.54, 1.807) is 0 Å². The number of esters is 1. The number of aryl methyl sites for hydroxylation is 1. The van der Waals surface area contributed by atoms with Crippen molar-refractivity contribution in [1.29, 1.82) is 0 Å². The average molecular weight is 287 g/mol. The standard InChI is InChI=1S/C18H25NO2/c1-4-5-6-9-14(12-17(20)21-3)18-13(2)19-16-11-8-7-10-15(16)18/h7-8,10-11,14,19H,4-6,9,12H2,1-3H3. The summed E-state index contributed by atoms with van der Waals surface area (Å²) < 4.78 is 4.89. The number of unbranched alkanes of at least 4 members (excludes halogenated alkanes) is 2. The van der Waals surface area contributed by atoms with Gasteiger partial charge in [-0.15, -0.1) is 0 Å². The molecule has 0 aliphatic heterocycles. The van der Waals surface area contributed by atoms with Gasteiger partial charge >= 0.3 is 5.97 Å². The minimum absolute atomic E-state index is 0.124. The Labute approximate surface area is 126 Å². The molecule has 0 bridgehead atoms. The van der Waals surface area contributed by atoms with Crippen LogP contribution in [-0.4, -0.2) is 18.1 Å². The molecule has 1 atom stereocenters. The topological polar surface area (TPSA) is 42.1 Å². The lowest BCUT2D eigenvalue weighted by molar-refractivity contribution is -0.141. The zero-order chi connectivity index (χ0) is 15.2. The zero-order valence-corrected chi connectivity index (χ0v) is 13.2. The van der Waals surface area contributed by atoms with E-state index in [-0.39, 0.29) is 11.9 Å². The van der Waals surface area contributed by atoms with Gasteiger partial charge in [0.15, 0.2) is 0 Å². The van der Waals surface area contributed by atoms with Crippen LogP contribution in [-0.2, 0) is 9.53 Å². The van der Waals surface area contributed by atoms with Crippen LogP contribution in [0.1, 0.15) is 56.2 Å². The summed E-state index contributed by atoms with van der Waals surface area (Å²) in [6.45, 7) is 4.30. The van der Waals surface area contributed by atoms with E-state index < -0.39 is 0 Å². The van der Waals surface area contributed by atoms with Crippen LogP contribution < -0.4 is 0 Å². The fraction of sp³-hybridized carbons (Fsp3) is 0.500. The second kappa shape index (κ2) is 7.30. The SMILES string of the molecule is CCCCCC(CC(=O)OC)c1c(C)[nH]c2ccccc12. The van der Waals surface area contributed by atoms with Crippen LogP contribution in [0.5, 0.6) is 0 Å². The van der Waals surface area contributed by atoms with Gasteiger partial charge in [0.25, 0.3) is 0 Å². The molecule has 0 spiro atoms. The van der Waals surface area contributed by atoms with Crippen molar-refractivity contribution in [3.8, 4) is 0 Å². The number of methoxy groups -OCH3 is 1. The highest BCUT2D eigenvalue weighted by Crippen LogP contribution is 2.34. The lowest BCUT2D eigenvalue weighted by Crippen LogP contribution is -2.09.